The first-order valence-electron chi connectivity index (χ1n) is 9.86. The Morgan fingerprint density at radius 3 is 2.27 bits per heavy atom. The Hall–Kier alpha value is -1.89. The molecular weight excluding hydrogens is 375 g/mol. The molecule has 148 valence electrons. The molecule has 3 rings (SSSR count). The minimum Gasteiger partial charge on any atom is -0.495 e. The second kappa shape index (κ2) is 10.9. The topological polar surface area (TPSA) is 82.1 Å². The van der Waals surface area contributed by atoms with Crippen LogP contribution in [0, 0.1) is 5.92 Å². The van der Waals surface area contributed by atoms with Crippen LogP contribution in [0.25, 0.3) is 0 Å². The molecule has 8 radical (unpaired) electrons. The van der Waals surface area contributed by atoms with Gasteiger partial charge in [-0.25, -0.2) is 0 Å². The monoisotopic (exact) mass is 399 g/mol. The van der Waals surface area contributed by atoms with Crippen molar-refractivity contribution >= 4 is 67.0 Å². The minimum absolute atomic E-state index is 0.318. The van der Waals surface area contributed by atoms with Gasteiger partial charge in [0.25, 0.3) is 0 Å². The summed E-state index contributed by atoms with van der Waals surface area (Å²) in [6.07, 6.45) is -0.306. The van der Waals surface area contributed by atoms with Crippen LogP contribution in [0.1, 0.15) is 12.0 Å². The number of nitrogens with zero attached hydrogens (tertiary/aromatic N) is 2. The van der Waals surface area contributed by atoms with Gasteiger partial charge in [0, 0.05) is 83.0 Å². The standard InChI is InChI=1S/C17H23N3O4.B6/c1-19-13-10-15(24-2)14(20-7-5-18-6-8-20)9-11(13)3-4-12(16(19)21)17(22)23;1-5(2)6(3)4/h9-10,12,18H,3-8H2,1-2H3,(H,22,23);. The van der Waals surface area contributed by atoms with E-state index in [1.807, 2.05) is 12.1 Å². The fraction of sp³-hybridized carbons (Fsp3) is 0.529. The van der Waals surface area contributed by atoms with E-state index in [1.54, 1.807) is 14.2 Å². The largest absolute Gasteiger partial charge is 0.495 e. The van der Waals surface area contributed by atoms with Crippen molar-refractivity contribution < 1.29 is 19.4 Å². The van der Waals surface area contributed by atoms with Gasteiger partial charge in [-0.3, -0.25) is 9.59 Å². The van der Waals surface area contributed by atoms with Crippen molar-refractivity contribution in [2.75, 3.05) is 50.1 Å². The Morgan fingerprint density at radius 2 is 1.77 bits per heavy atom. The third kappa shape index (κ3) is 5.84. The van der Waals surface area contributed by atoms with Gasteiger partial charge >= 0.3 is 5.97 Å². The van der Waals surface area contributed by atoms with E-state index in [-0.39, 0.29) is 5.91 Å². The molecule has 1 unspecified atom stereocenters. The molecule has 1 fully saturated rings. The maximum Gasteiger partial charge on any atom is 0.316 e. The molecule has 7 nitrogen and oxygen atoms in total. The van der Waals surface area contributed by atoms with E-state index >= 15 is 0 Å². The Kier molecular flexibility index (Phi) is 8.89. The fourth-order valence-electron chi connectivity index (χ4n) is 3.43. The molecule has 0 aromatic heterocycles. The number of aliphatic carboxylic acids is 1. The molecule has 2 heterocycles. The normalized spacial score (nSPS) is 18.5. The molecule has 1 amide bonds. The quantitative estimate of drug-likeness (QED) is 0.471. The Bertz CT molecular complexity index is 755. The molecule has 13 heteroatoms. The number of hydrogen-bond acceptors (Lipinski definition) is 5. The van der Waals surface area contributed by atoms with Crippen LogP contribution in [0.15, 0.2) is 12.1 Å². The van der Waals surface area contributed by atoms with Gasteiger partial charge in [0.2, 0.25) is 5.91 Å². The number of methoxy groups -OCH3 is 1. The molecule has 1 saturated heterocycles. The highest BCUT2D eigenvalue weighted by Crippen LogP contribution is 2.38. The first kappa shape index (κ1) is 24.4. The molecule has 0 spiro atoms. The van der Waals surface area contributed by atoms with E-state index < -0.39 is 24.7 Å². The number of carboxylic acid groups (broad SMARTS) is 1. The summed E-state index contributed by atoms with van der Waals surface area (Å²) in [6.45, 7) is 3.61. The zero-order chi connectivity index (χ0) is 22.4. The summed E-state index contributed by atoms with van der Waals surface area (Å²) in [4.78, 5) is 27.5. The zero-order valence-electron chi connectivity index (χ0n) is 17.5. The van der Waals surface area contributed by atoms with Crippen molar-refractivity contribution in [3.05, 3.63) is 17.7 Å². The third-order valence-corrected chi connectivity index (χ3v) is 5.27. The number of carbonyl (C=O) groups is 2. The average molecular weight is 398 g/mol. The van der Waals surface area contributed by atoms with Crippen molar-refractivity contribution in [2.24, 2.45) is 5.92 Å². The van der Waals surface area contributed by atoms with Crippen LogP contribution in [0.4, 0.5) is 11.4 Å². The number of benzene rings is 1. The van der Waals surface area contributed by atoms with Crippen molar-refractivity contribution in [1.29, 1.82) is 0 Å². The number of aryl methyl sites for hydroxylation is 1. The van der Waals surface area contributed by atoms with E-state index in [0.717, 1.165) is 43.1 Å². The number of hydrogen-bond donors (Lipinski definition) is 2. The predicted molar refractivity (Wildman–Crippen MR) is 125 cm³/mol. The van der Waals surface area contributed by atoms with Gasteiger partial charge < -0.3 is 25.0 Å². The number of amides is 1. The van der Waals surface area contributed by atoms with Crippen LogP contribution in [0.2, 0.25) is 0 Å². The van der Waals surface area contributed by atoms with Crippen LogP contribution >= 0.6 is 0 Å². The molecule has 0 saturated carbocycles. The van der Waals surface area contributed by atoms with E-state index in [1.165, 1.54) is 4.90 Å². The number of carbonyl (C=O) groups excluding carboxylic acids is 1. The second-order valence-electron chi connectivity index (χ2n) is 7.37. The summed E-state index contributed by atoms with van der Waals surface area (Å²) in [5.41, 5.74) is 2.73. The minimum atomic E-state index is -1.06. The number of nitrogens with one attached hydrogen (secondary N) is 1. The van der Waals surface area contributed by atoms with Gasteiger partial charge in [0.05, 0.1) is 18.5 Å². The lowest BCUT2D eigenvalue weighted by Crippen LogP contribution is -2.43. The van der Waals surface area contributed by atoms with Crippen molar-refractivity contribution in [3.63, 3.8) is 0 Å². The summed E-state index contributed by atoms with van der Waals surface area (Å²) in [5, 5.41) is 12.6. The van der Waals surface area contributed by atoms with Crippen LogP contribution in [-0.4, -0.2) is 101 Å². The number of anilines is 2. The van der Waals surface area contributed by atoms with Crippen LogP contribution in [-0.2, 0) is 16.0 Å². The lowest BCUT2D eigenvalue weighted by Gasteiger charge is -2.32. The number of rotatable bonds is 4. The molecule has 2 N–H and O–H groups in total. The maximum atomic E-state index is 12.4. The lowest BCUT2D eigenvalue weighted by atomic mass is 8.81. The van der Waals surface area contributed by atoms with E-state index in [0.29, 0.717) is 18.6 Å². The average Bonchev–Trinajstić information content (AvgIpc) is 2.84. The predicted octanol–water partition coefficient (Wildman–Crippen LogP) is -1.57. The van der Waals surface area contributed by atoms with Crippen molar-refractivity contribution in [3.8, 4) is 5.75 Å². The van der Waals surface area contributed by atoms with E-state index in [4.69, 9.17) is 35.7 Å². The molecule has 30 heavy (non-hydrogen) atoms. The molecule has 0 bridgehead atoms. The fourth-order valence-corrected chi connectivity index (χ4v) is 3.43. The number of ether oxygens (including phenoxy) is 1. The summed E-state index contributed by atoms with van der Waals surface area (Å²) >= 11 is 0. The molecule has 1 aromatic carbocycles. The number of piperazine rings is 1. The van der Waals surface area contributed by atoms with Crippen LogP contribution in [0.3, 0.4) is 0 Å². The molecule has 0 aliphatic carbocycles. The smallest absolute Gasteiger partial charge is 0.316 e. The lowest BCUT2D eigenvalue weighted by molar-refractivity contribution is -0.146. The highest BCUT2D eigenvalue weighted by molar-refractivity contribution is 7.76. The number of carboxylic acids is 1. The summed E-state index contributed by atoms with van der Waals surface area (Å²) in [7, 11) is 23.1. The third-order valence-electron chi connectivity index (χ3n) is 5.27. The van der Waals surface area contributed by atoms with Gasteiger partial charge in [0.15, 0.2) is 0 Å². The van der Waals surface area contributed by atoms with Crippen molar-refractivity contribution in [2.45, 2.75) is 12.8 Å². The summed E-state index contributed by atoms with van der Waals surface area (Å²) < 4.78 is 5.55. The Morgan fingerprint density at radius 1 is 1.17 bits per heavy atom. The summed E-state index contributed by atoms with van der Waals surface area (Å²) in [5.74, 6) is -1.72. The number of fused-ring (bicyclic) bond motifs is 1. The highest BCUT2D eigenvalue weighted by Gasteiger charge is 2.34. The Labute approximate surface area is 184 Å². The molecule has 1 aromatic rings. The molecule has 1 atom stereocenters. The molecule has 2 aliphatic rings. The maximum absolute atomic E-state index is 12.4. The van der Waals surface area contributed by atoms with Gasteiger partial charge in [-0.05, 0) is 24.5 Å². The first-order valence-corrected chi connectivity index (χ1v) is 9.86. The van der Waals surface area contributed by atoms with Gasteiger partial charge in [-0.1, -0.05) is 0 Å². The van der Waals surface area contributed by atoms with Gasteiger partial charge in [-0.15, -0.1) is 0 Å². The van der Waals surface area contributed by atoms with Gasteiger partial charge in [-0.2, -0.15) is 0 Å². The van der Waals surface area contributed by atoms with E-state index in [2.05, 4.69) is 10.2 Å². The SMILES string of the molecule is COc1cc2c(cc1N1CCNCC1)CCC(C(=O)O)C(=O)N2C.[B]B([B])B([B])[B]. The van der Waals surface area contributed by atoms with Gasteiger partial charge in [0.1, 0.15) is 11.7 Å². The molecule has 2 aliphatic heterocycles. The molecular formula is C17H23B6N3O4. The van der Waals surface area contributed by atoms with Crippen molar-refractivity contribution in [1.82, 2.24) is 5.32 Å². The summed E-state index contributed by atoms with van der Waals surface area (Å²) in [6, 6.07) is 3.91. The van der Waals surface area contributed by atoms with E-state index in [9.17, 15) is 14.7 Å². The van der Waals surface area contributed by atoms with Crippen LogP contribution < -0.4 is 19.9 Å². The zero-order valence-corrected chi connectivity index (χ0v) is 17.5. The highest BCUT2D eigenvalue weighted by atomic mass is 16.5. The second-order valence-corrected chi connectivity index (χ2v) is 7.37. The van der Waals surface area contributed by atoms with Crippen LogP contribution in [0.5, 0.6) is 5.75 Å². The Balaban J connectivity index is 0.000000469. The first-order chi connectivity index (χ1) is 14.2.